The van der Waals surface area contributed by atoms with E-state index in [2.05, 4.69) is 4.90 Å². The van der Waals surface area contributed by atoms with Crippen molar-refractivity contribution in [2.45, 2.75) is 83.3 Å². The van der Waals surface area contributed by atoms with Gasteiger partial charge >= 0.3 is 0 Å². The third-order valence-electron chi connectivity index (χ3n) is 6.16. The zero-order chi connectivity index (χ0) is 14.8. The summed E-state index contributed by atoms with van der Waals surface area (Å²) in [5.41, 5.74) is 0. The Hall–Kier alpha value is -0.570. The van der Waals surface area contributed by atoms with Crippen LogP contribution < -0.4 is 0 Å². The summed E-state index contributed by atoms with van der Waals surface area (Å²) in [6.07, 6.45) is 11.7. The van der Waals surface area contributed by atoms with Crippen LogP contribution in [0.2, 0.25) is 0 Å². The smallest absolute Gasteiger partial charge is 0.225 e. The number of rotatable bonds is 3. The molecule has 1 heterocycles. The van der Waals surface area contributed by atoms with Crippen molar-refractivity contribution in [2.75, 3.05) is 6.54 Å². The Morgan fingerprint density at radius 3 is 2.62 bits per heavy atom. The molecule has 0 spiro atoms. The summed E-state index contributed by atoms with van der Waals surface area (Å²) in [5, 5.41) is 9.64. The summed E-state index contributed by atoms with van der Waals surface area (Å²) in [6, 6.07) is 0.293. The van der Waals surface area contributed by atoms with Gasteiger partial charge in [-0.1, -0.05) is 25.7 Å². The first-order valence-electron chi connectivity index (χ1n) is 9.13. The second-order valence-corrected chi connectivity index (χ2v) is 7.73. The molecule has 0 aromatic rings. The lowest BCUT2D eigenvalue weighted by molar-refractivity contribution is -0.139. The fraction of sp³-hybridized carbons (Fsp3) is 0.944. The highest BCUT2D eigenvalue weighted by Crippen LogP contribution is 2.43. The minimum atomic E-state index is -0.294. The number of nitrogens with zero attached hydrogens (tertiary/aromatic N) is 1. The highest BCUT2D eigenvalue weighted by Gasteiger charge is 2.39. The molecular weight excluding hydrogens is 262 g/mol. The average Bonchev–Trinajstić information content (AvgIpc) is 2.93. The maximum absolute atomic E-state index is 12.9. The van der Waals surface area contributed by atoms with Crippen molar-refractivity contribution < 1.29 is 9.90 Å². The lowest BCUT2D eigenvalue weighted by atomic mass is 9.67. The van der Waals surface area contributed by atoms with Gasteiger partial charge in [-0.25, -0.2) is 0 Å². The van der Waals surface area contributed by atoms with Crippen LogP contribution in [0.25, 0.3) is 0 Å². The SMILES string of the molecule is CC(O)CC1CCCN1C(=O)C1CCC2CCCCC2C1. The van der Waals surface area contributed by atoms with E-state index in [0.717, 1.165) is 50.5 Å². The van der Waals surface area contributed by atoms with E-state index in [1.54, 1.807) is 0 Å². The minimum absolute atomic E-state index is 0.277. The van der Waals surface area contributed by atoms with E-state index in [-0.39, 0.29) is 12.0 Å². The Morgan fingerprint density at radius 1 is 1.10 bits per heavy atom. The van der Waals surface area contributed by atoms with Crippen LogP contribution in [0.15, 0.2) is 0 Å². The Balaban J connectivity index is 1.59. The molecule has 0 aromatic carbocycles. The van der Waals surface area contributed by atoms with Crippen LogP contribution >= 0.6 is 0 Å². The zero-order valence-electron chi connectivity index (χ0n) is 13.5. The van der Waals surface area contributed by atoms with Gasteiger partial charge < -0.3 is 10.0 Å². The van der Waals surface area contributed by atoms with E-state index in [0.29, 0.717) is 11.9 Å². The molecule has 3 rings (SSSR count). The molecule has 0 aromatic heterocycles. The second-order valence-electron chi connectivity index (χ2n) is 7.73. The largest absolute Gasteiger partial charge is 0.393 e. The fourth-order valence-electron chi connectivity index (χ4n) is 5.10. The first-order valence-corrected chi connectivity index (χ1v) is 9.13. The Bertz CT molecular complexity index is 368. The average molecular weight is 293 g/mol. The lowest BCUT2D eigenvalue weighted by Crippen LogP contribution is -2.43. The van der Waals surface area contributed by atoms with Crippen LogP contribution in [0.5, 0.6) is 0 Å². The summed E-state index contributed by atoms with van der Waals surface area (Å²) in [5.74, 6) is 2.41. The van der Waals surface area contributed by atoms with Crippen molar-refractivity contribution in [2.24, 2.45) is 17.8 Å². The number of aliphatic hydroxyl groups excluding tert-OH is 1. The van der Waals surface area contributed by atoms with Crippen molar-refractivity contribution >= 4 is 5.91 Å². The van der Waals surface area contributed by atoms with Gasteiger partial charge in [0.15, 0.2) is 0 Å². The summed E-state index contributed by atoms with van der Waals surface area (Å²) >= 11 is 0. The van der Waals surface area contributed by atoms with E-state index < -0.39 is 0 Å². The van der Waals surface area contributed by atoms with E-state index in [4.69, 9.17) is 0 Å². The minimum Gasteiger partial charge on any atom is -0.393 e. The van der Waals surface area contributed by atoms with E-state index in [1.807, 2.05) is 6.92 Å². The molecule has 21 heavy (non-hydrogen) atoms. The predicted molar refractivity (Wildman–Crippen MR) is 83.8 cm³/mol. The van der Waals surface area contributed by atoms with Gasteiger partial charge in [-0.2, -0.15) is 0 Å². The standard InChI is InChI=1S/C18H31NO2/c1-13(20)11-17-7-4-10-19(17)18(21)16-9-8-14-5-2-3-6-15(14)12-16/h13-17,20H,2-12H2,1H3. The molecule has 1 amide bonds. The maximum atomic E-state index is 12.9. The number of amides is 1. The Kier molecular flexibility index (Phi) is 4.88. The quantitative estimate of drug-likeness (QED) is 0.867. The highest BCUT2D eigenvalue weighted by molar-refractivity contribution is 5.79. The third-order valence-corrected chi connectivity index (χ3v) is 6.16. The zero-order valence-corrected chi connectivity index (χ0v) is 13.5. The summed E-state index contributed by atoms with van der Waals surface area (Å²) in [4.78, 5) is 15.0. The molecule has 120 valence electrons. The molecular formula is C18H31NO2. The normalized spacial score (nSPS) is 38.1. The van der Waals surface area contributed by atoms with Crippen molar-refractivity contribution in [3.05, 3.63) is 0 Å². The van der Waals surface area contributed by atoms with Crippen LogP contribution in [-0.4, -0.2) is 34.6 Å². The molecule has 2 saturated carbocycles. The van der Waals surface area contributed by atoms with E-state index in [9.17, 15) is 9.90 Å². The van der Waals surface area contributed by atoms with Crippen LogP contribution in [0.3, 0.4) is 0 Å². The van der Waals surface area contributed by atoms with Crippen LogP contribution in [0.4, 0.5) is 0 Å². The van der Waals surface area contributed by atoms with Gasteiger partial charge in [0.05, 0.1) is 6.10 Å². The third kappa shape index (κ3) is 3.44. The van der Waals surface area contributed by atoms with Gasteiger partial charge in [0.25, 0.3) is 0 Å². The first kappa shape index (κ1) is 15.3. The molecule has 1 aliphatic heterocycles. The van der Waals surface area contributed by atoms with Crippen molar-refractivity contribution in [3.63, 3.8) is 0 Å². The maximum Gasteiger partial charge on any atom is 0.225 e. The van der Waals surface area contributed by atoms with Gasteiger partial charge in [0.1, 0.15) is 0 Å². The fourth-order valence-corrected chi connectivity index (χ4v) is 5.10. The molecule has 2 aliphatic carbocycles. The number of likely N-dealkylation sites (tertiary alicyclic amines) is 1. The van der Waals surface area contributed by atoms with Gasteiger partial charge in [0.2, 0.25) is 5.91 Å². The topological polar surface area (TPSA) is 40.5 Å². The highest BCUT2D eigenvalue weighted by atomic mass is 16.3. The number of aliphatic hydroxyl groups is 1. The molecule has 3 aliphatic rings. The van der Waals surface area contributed by atoms with Crippen LogP contribution in [0.1, 0.15) is 71.1 Å². The predicted octanol–water partition coefficient (Wildman–Crippen LogP) is 3.35. The van der Waals surface area contributed by atoms with Gasteiger partial charge in [-0.05, 0) is 57.3 Å². The molecule has 5 unspecified atom stereocenters. The summed E-state index contributed by atoms with van der Waals surface area (Å²) in [6.45, 7) is 2.76. The number of hydrogen-bond donors (Lipinski definition) is 1. The number of carbonyl (C=O) groups excluding carboxylic acids is 1. The van der Waals surface area contributed by atoms with E-state index in [1.165, 1.54) is 32.1 Å². The molecule has 0 bridgehead atoms. The van der Waals surface area contributed by atoms with Crippen molar-refractivity contribution in [1.82, 2.24) is 4.90 Å². The number of hydrogen-bond acceptors (Lipinski definition) is 2. The number of fused-ring (bicyclic) bond motifs is 1. The number of carbonyl (C=O) groups is 1. The Labute approximate surface area is 129 Å². The molecule has 3 heteroatoms. The van der Waals surface area contributed by atoms with Crippen molar-refractivity contribution in [3.8, 4) is 0 Å². The van der Waals surface area contributed by atoms with Crippen LogP contribution in [-0.2, 0) is 4.79 Å². The van der Waals surface area contributed by atoms with Gasteiger partial charge in [-0.3, -0.25) is 4.79 Å². The van der Waals surface area contributed by atoms with Gasteiger partial charge in [0, 0.05) is 18.5 Å². The van der Waals surface area contributed by atoms with E-state index >= 15 is 0 Å². The van der Waals surface area contributed by atoms with Crippen LogP contribution in [0, 0.1) is 17.8 Å². The summed E-state index contributed by atoms with van der Waals surface area (Å²) < 4.78 is 0. The van der Waals surface area contributed by atoms with Gasteiger partial charge in [-0.15, -0.1) is 0 Å². The summed E-state index contributed by atoms with van der Waals surface area (Å²) in [7, 11) is 0. The monoisotopic (exact) mass is 293 g/mol. The molecule has 3 nitrogen and oxygen atoms in total. The van der Waals surface area contributed by atoms with Crippen molar-refractivity contribution in [1.29, 1.82) is 0 Å². The molecule has 3 fully saturated rings. The molecule has 1 N–H and O–H groups in total. The first-order chi connectivity index (χ1) is 10.1. The molecule has 0 radical (unpaired) electrons. The lowest BCUT2D eigenvalue weighted by Gasteiger charge is -2.40. The Morgan fingerprint density at radius 2 is 1.86 bits per heavy atom. The second kappa shape index (κ2) is 6.68. The molecule has 1 saturated heterocycles. The molecule has 5 atom stereocenters.